The van der Waals surface area contributed by atoms with Crippen molar-refractivity contribution in [3.05, 3.63) is 0 Å². The molecule has 1 rings (SSSR count). The molecule has 2 unspecified atom stereocenters. The summed E-state index contributed by atoms with van der Waals surface area (Å²) in [5, 5.41) is 0. The first-order chi connectivity index (χ1) is 6.94. The number of carbonyl (C=O) groups excluding carboxylic acids is 1. The van der Waals surface area contributed by atoms with Gasteiger partial charge in [-0.1, -0.05) is 6.92 Å². The van der Waals surface area contributed by atoms with Gasteiger partial charge in [-0.05, 0) is 33.6 Å². The lowest BCUT2D eigenvalue weighted by Gasteiger charge is -2.22. The molecule has 1 aliphatic heterocycles. The van der Waals surface area contributed by atoms with E-state index >= 15 is 0 Å². The zero-order chi connectivity index (χ0) is 11.5. The van der Waals surface area contributed by atoms with Gasteiger partial charge in [-0.15, -0.1) is 0 Å². The molecule has 1 heterocycles. The molecule has 4 heteroatoms. The van der Waals surface area contributed by atoms with E-state index < -0.39 is 0 Å². The van der Waals surface area contributed by atoms with Gasteiger partial charge >= 0.3 is 0 Å². The Morgan fingerprint density at radius 3 is 2.73 bits per heavy atom. The summed E-state index contributed by atoms with van der Waals surface area (Å²) in [6.07, 6.45) is 1.71. The highest BCUT2D eigenvalue weighted by Crippen LogP contribution is 2.23. The van der Waals surface area contributed by atoms with Crippen LogP contribution in [-0.2, 0) is 14.4 Å². The minimum atomic E-state index is -0.350. The van der Waals surface area contributed by atoms with Gasteiger partial charge in [0.15, 0.2) is 0 Å². The topological polar surface area (TPSA) is 47.6 Å². The molecule has 15 heavy (non-hydrogen) atoms. The number of hydroxylamine groups is 1. The van der Waals surface area contributed by atoms with E-state index in [1.54, 1.807) is 0 Å². The number of ether oxygens (including phenoxy) is 1. The first kappa shape index (κ1) is 12.5. The highest BCUT2D eigenvalue weighted by molar-refractivity contribution is 5.78. The number of hydrogen-bond acceptors (Lipinski definition) is 3. The molecule has 0 aromatic carbocycles. The van der Waals surface area contributed by atoms with Crippen LogP contribution in [0.5, 0.6) is 0 Å². The zero-order valence-electron chi connectivity index (χ0n) is 10.0. The first-order valence-electron chi connectivity index (χ1n) is 5.53. The van der Waals surface area contributed by atoms with Crippen LogP contribution >= 0.6 is 0 Å². The fraction of sp³-hybridized carbons (Fsp3) is 0.909. The molecular formula is C11H21NO3. The van der Waals surface area contributed by atoms with Gasteiger partial charge in [-0.25, -0.2) is 5.48 Å². The van der Waals surface area contributed by atoms with Crippen LogP contribution in [0, 0.1) is 5.92 Å². The van der Waals surface area contributed by atoms with E-state index in [9.17, 15) is 4.79 Å². The van der Waals surface area contributed by atoms with Crippen LogP contribution in [0.15, 0.2) is 0 Å². The standard InChI is InChI=1S/C11H21NO3/c1-5-9-8(6-7-14-9)10(13)12-15-11(2,3)4/h8-9H,5-7H2,1-4H3,(H,12,13). The van der Waals surface area contributed by atoms with Crippen molar-refractivity contribution >= 4 is 5.91 Å². The average molecular weight is 215 g/mol. The molecule has 1 aliphatic rings. The van der Waals surface area contributed by atoms with E-state index in [-0.39, 0.29) is 23.5 Å². The van der Waals surface area contributed by atoms with Crippen molar-refractivity contribution in [3.8, 4) is 0 Å². The highest BCUT2D eigenvalue weighted by Gasteiger charge is 2.33. The molecule has 1 N–H and O–H groups in total. The van der Waals surface area contributed by atoms with Gasteiger partial charge in [0.1, 0.15) is 0 Å². The Balaban J connectivity index is 2.40. The number of rotatable bonds is 3. The van der Waals surface area contributed by atoms with Crippen LogP contribution < -0.4 is 5.48 Å². The number of carbonyl (C=O) groups is 1. The molecule has 0 radical (unpaired) electrons. The fourth-order valence-electron chi connectivity index (χ4n) is 1.63. The summed E-state index contributed by atoms with van der Waals surface area (Å²) < 4.78 is 5.45. The lowest BCUT2D eigenvalue weighted by Crippen LogP contribution is -2.39. The second-order valence-electron chi connectivity index (χ2n) is 4.89. The Kier molecular flexibility index (Phi) is 4.11. The van der Waals surface area contributed by atoms with Gasteiger partial charge < -0.3 is 4.74 Å². The summed E-state index contributed by atoms with van der Waals surface area (Å²) in [6.45, 7) is 8.40. The van der Waals surface area contributed by atoms with Crippen LogP contribution in [-0.4, -0.2) is 24.2 Å². The minimum Gasteiger partial charge on any atom is -0.377 e. The molecule has 1 amide bonds. The van der Waals surface area contributed by atoms with Crippen molar-refractivity contribution in [2.45, 2.75) is 52.2 Å². The van der Waals surface area contributed by atoms with Crippen molar-refractivity contribution in [2.75, 3.05) is 6.61 Å². The number of hydrogen-bond donors (Lipinski definition) is 1. The van der Waals surface area contributed by atoms with Crippen LogP contribution in [0.25, 0.3) is 0 Å². The Morgan fingerprint density at radius 1 is 1.53 bits per heavy atom. The van der Waals surface area contributed by atoms with E-state index in [2.05, 4.69) is 5.48 Å². The normalized spacial score (nSPS) is 26.7. The van der Waals surface area contributed by atoms with Crippen LogP contribution in [0.4, 0.5) is 0 Å². The van der Waals surface area contributed by atoms with Crippen LogP contribution in [0.3, 0.4) is 0 Å². The largest absolute Gasteiger partial charge is 0.377 e. The van der Waals surface area contributed by atoms with Gasteiger partial charge in [0.25, 0.3) is 0 Å². The maximum Gasteiger partial charge on any atom is 0.249 e. The molecule has 0 aromatic rings. The van der Waals surface area contributed by atoms with Crippen LogP contribution in [0.2, 0.25) is 0 Å². The summed E-state index contributed by atoms with van der Waals surface area (Å²) >= 11 is 0. The molecule has 0 bridgehead atoms. The quantitative estimate of drug-likeness (QED) is 0.728. The maximum atomic E-state index is 11.7. The lowest BCUT2D eigenvalue weighted by molar-refractivity contribution is -0.151. The third kappa shape index (κ3) is 3.80. The lowest BCUT2D eigenvalue weighted by atomic mass is 9.99. The SMILES string of the molecule is CCC1OCCC1C(=O)NOC(C)(C)C. The van der Waals surface area contributed by atoms with Gasteiger partial charge in [0, 0.05) is 6.61 Å². The average Bonchev–Trinajstić information content (AvgIpc) is 2.60. The molecule has 88 valence electrons. The molecular weight excluding hydrogens is 194 g/mol. The summed E-state index contributed by atoms with van der Waals surface area (Å²) in [4.78, 5) is 17.0. The molecule has 1 saturated heterocycles. The predicted octanol–water partition coefficient (Wildman–Crippen LogP) is 1.65. The Morgan fingerprint density at radius 2 is 2.20 bits per heavy atom. The fourth-order valence-corrected chi connectivity index (χ4v) is 1.63. The van der Waals surface area contributed by atoms with Gasteiger partial charge in [0.2, 0.25) is 5.91 Å². The minimum absolute atomic E-state index is 0.0496. The zero-order valence-corrected chi connectivity index (χ0v) is 10.0. The highest BCUT2D eigenvalue weighted by atomic mass is 16.7. The monoisotopic (exact) mass is 215 g/mol. The Bertz CT molecular complexity index is 222. The van der Waals surface area contributed by atoms with Crippen molar-refractivity contribution in [1.29, 1.82) is 0 Å². The molecule has 0 aromatic heterocycles. The first-order valence-corrected chi connectivity index (χ1v) is 5.53. The van der Waals surface area contributed by atoms with Crippen molar-refractivity contribution in [2.24, 2.45) is 5.92 Å². The maximum absolute atomic E-state index is 11.7. The van der Waals surface area contributed by atoms with Crippen molar-refractivity contribution < 1.29 is 14.4 Å². The molecule has 0 aliphatic carbocycles. The van der Waals surface area contributed by atoms with Gasteiger partial charge in [0.05, 0.1) is 17.6 Å². The summed E-state index contributed by atoms with van der Waals surface area (Å²) in [5.41, 5.74) is 2.16. The van der Waals surface area contributed by atoms with E-state index in [1.807, 2.05) is 27.7 Å². The summed E-state index contributed by atoms with van der Waals surface area (Å²) in [6, 6.07) is 0. The van der Waals surface area contributed by atoms with E-state index in [1.165, 1.54) is 0 Å². The Hall–Kier alpha value is -0.610. The van der Waals surface area contributed by atoms with E-state index in [0.717, 1.165) is 12.8 Å². The summed E-state index contributed by atoms with van der Waals surface area (Å²) in [5.74, 6) is -0.119. The van der Waals surface area contributed by atoms with E-state index in [4.69, 9.17) is 9.57 Å². The smallest absolute Gasteiger partial charge is 0.249 e. The molecule has 2 atom stereocenters. The number of amides is 1. The van der Waals surface area contributed by atoms with Crippen LogP contribution in [0.1, 0.15) is 40.5 Å². The molecule has 0 spiro atoms. The summed E-state index contributed by atoms with van der Waals surface area (Å²) in [7, 11) is 0. The Labute approximate surface area is 91.3 Å². The third-order valence-electron chi connectivity index (χ3n) is 2.41. The second-order valence-corrected chi connectivity index (χ2v) is 4.89. The molecule has 4 nitrogen and oxygen atoms in total. The number of nitrogens with one attached hydrogen (secondary N) is 1. The molecule has 1 fully saturated rings. The van der Waals surface area contributed by atoms with Crippen molar-refractivity contribution in [3.63, 3.8) is 0 Å². The predicted molar refractivity (Wildman–Crippen MR) is 57.1 cm³/mol. The second kappa shape index (κ2) is 4.94. The van der Waals surface area contributed by atoms with Gasteiger partial charge in [-0.2, -0.15) is 0 Å². The molecule has 0 saturated carbocycles. The third-order valence-corrected chi connectivity index (χ3v) is 2.41. The van der Waals surface area contributed by atoms with E-state index in [0.29, 0.717) is 6.61 Å². The van der Waals surface area contributed by atoms with Gasteiger partial charge in [-0.3, -0.25) is 9.63 Å². The van der Waals surface area contributed by atoms with Crippen molar-refractivity contribution in [1.82, 2.24) is 5.48 Å².